The first kappa shape index (κ1) is 61.2. The fourth-order valence-corrected chi connectivity index (χ4v) is 9.89. The zero-order chi connectivity index (χ0) is 60.6. The quantitative estimate of drug-likeness (QED) is 0.0559. The third-order valence-corrected chi connectivity index (χ3v) is 14.1. The van der Waals surface area contributed by atoms with Crippen LogP contribution in [0.4, 0.5) is 70.4 Å². The Bertz CT molecular complexity index is 3420. The molecule has 4 saturated heterocycles. The number of ether oxygens (including phenoxy) is 2. The zero-order valence-electron chi connectivity index (χ0n) is 45.8. The molecule has 10 rings (SSSR count). The van der Waals surface area contributed by atoms with Gasteiger partial charge in [-0.3, -0.25) is 19.3 Å². The van der Waals surface area contributed by atoms with Crippen LogP contribution < -0.4 is 42.5 Å². The van der Waals surface area contributed by atoms with E-state index in [1.165, 1.54) is 61.1 Å². The lowest BCUT2D eigenvalue weighted by molar-refractivity contribution is -0.138. The number of pyridine rings is 6. The van der Waals surface area contributed by atoms with Gasteiger partial charge >= 0.3 is 18.4 Å². The van der Waals surface area contributed by atoms with Gasteiger partial charge in [-0.1, -0.05) is 20.4 Å². The minimum atomic E-state index is -4.78. The number of methoxy groups -OCH3 is 1. The van der Waals surface area contributed by atoms with E-state index in [4.69, 9.17) is 26.7 Å². The molecular weight excluding hydrogens is 1110 g/mol. The number of carbonyl (C=O) groups is 4. The van der Waals surface area contributed by atoms with Crippen LogP contribution in [0, 0.1) is 5.92 Å². The van der Waals surface area contributed by atoms with Crippen LogP contribution in [0.5, 0.6) is 0 Å². The molecule has 6 aromatic heterocycles. The highest BCUT2D eigenvalue weighted by atomic mass is 19.4. The molecule has 0 radical (unpaired) electrons. The van der Waals surface area contributed by atoms with Crippen LogP contribution in [0.3, 0.4) is 0 Å². The van der Waals surface area contributed by atoms with Gasteiger partial charge in [0.15, 0.2) is 0 Å². The van der Waals surface area contributed by atoms with Gasteiger partial charge in [0.25, 0.3) is 0 Å². The first-order chi connectivity index (χ1) is 40.0. The van der Waals surface area contributed by atoms with Crippen molar-refractivity contribution in [1.29, 1.82) is 0 Å². The summed E-state index contributed by atoms with van der Waals surface area (Å²) < 4.78 is 106. The van der Waals surface area contributed by atoms with Crippen LogP contribution in [0.2, 0.25) is 0 Å². The largest absolute Gasteiger partial charge is 0.444 e. The molecule has 28 heteroatoms. The summed E-state index contributed by atoms with van der Waals surface area (Å²) in [6, 6.07) is 15.9. The minimum Gasteiger partial charge on any atom is -0.444 e. The van der Waals surface area contributed by atoms with Gasteiger partial charge in [0, 0.05) is 108 Å². The van der Waals surface area contributed by atoms with Crippen LogP contribution >= 0.6 is 0 Å². The number of carbonyl (C=O) groups excluding carboxylic acids is 4. The topological polar surface area (TPSA) is 279 Å². The maximum absolute atomic E-state index is 13.8. The predicted octanol–water partition coefficient (Wildman–Crippen LogP) is 7.33. The highest BCUT2D eigenvalue weighted by molar-refractivity contribution is 6.13. The number of hydrogen-bond acceptors (Lipinski definition) is 20. The highest BCUT2D eigenvalue weighted by Gasteiger charge is 2.47. The monoisotopic (exact) mass is 1180 g/mol. The molecule has 1 amide bonds. The molecule has 4 fully saturated rings. The lowest BCUT2D eigenvalue weighted by atomic mass is 9.97. The molecule has 3 unspecified atom stereocenters. The Balaban J connectivity index is 0.000000279. The maximum atomic E-state index is 13.8. The first-order valence-electron chi connectivity index (χ1n) is 26.4. The second-order valence-corrected chi connectivity index (χ2v) is 20.0. The zero-order valence-corrected chi connectivity index (χ0v) is 45.8. The molecule has 10 heterocycles. The van der Waals surface area contributed by atoms with Gasteiger partial charge in [-0.15, -0.1) is 0 Å². The van der Waals surface area contributed by atoms with E-state index >= 15 is 0 Å². The van der Waals surface area contributed by atoms with Crippen LogP contribution in [0.15, 0.2) is 98.0 Å². The summed E-state index contributed by atoms with van der Waals surface area (Å²) in [5, 5.41) is 6.51. The number of fused-ring (bicyclic) bond motifs is 1. The molecule has 6 aromatic rings. The van der Waals surface area contributed by atoms with Gasteiger partial charge in [0.05, 0.1) is 40.5 Å². The first-order valence-corrected chi connectivity index (χ1v) is 26.4. The van der Waals surface area contributed by atoms with Crippen LogP contribution in [-0.2, 0) is 21.8 Å². The lowest BCUT2D eigenvalue weighted by Crippen LogP contribution is -2.55. The number of ketones is 3. The smallest absolute Gasteiger partial charge is 0.418 e. The van der Waals surface area contributed by atoms with Crippen molar-refractivity contribution in [3.05, 3.63) is 148 Å². The number of piperazine rings is 3. The van der Waals surface area contributed by atoms with E-state index in [1.54, 1.807) is 35.1 Å². The average molecular weight is 1180 g/mol. The van der Waals surface area contributed by atoms with E-state index in [1.807, 2.05) is 23.6 Å². The van der Waals surface area contributed by atoms with Crippen molar-refractivity contribution in [2.75, 3.05) is 111 Å². The molecule has 8 N–H and O–H groups in total. The Morgan fingerprint density at radius 1 is 0.655 bits per heavy atom. The Labute approximate surface area is 483 Å². The van der Waals surface area contributed by atoms with Gasteiger partial charge < -0.3 is 52.0 Å². The van der Waals surface area contributed by atoms with Crippen molar-refractivity contribution >= 4 is 64.2 Å². The van der Waals surface area contributed by atoms with Gasteiger partial charge in [0.2, 0.25) is 17.3 Å². The number of amides is 1. The molecule has 0 spiro atoms. The van der Waals surface area contributed by atoms with Gasteiger partial charge in [-0.2, -0.15) is 26.3 Å². The number of halogens is 7. The minimum absolute atomic E-state index is 0. The second-order valence-electron chi connectivity index (χ2n) is 20.0. The standard InChI is InChI=1S/C21H22F3N5O3.C18H20F3N5O2.C17H18FN5O.4H2/c1-11(2)18-14-10-28(8-9-29(14)20(31)32-18)15-6-5-13(21(22,23)24)16(27-15)17(30)12-4-3-7-26-19(12)25;1-28-10-11-9-26(8-7-23-11)14-5-4-13(18(19,20)21)15(25-14)16(27)12-3-2-6-24-17(12)22;1-11(18)12-4-5-14(23-9-7-20-8-10-23)22-15(12)16(24)13-3-2-6-21-17(13)19;;;;/h3-7,11,14,18H,8-10H2,1-2H3,(H2,25,26);2-6,11,23H,7-10H2,1H3,(H2,22,24);2-6,20H,1,7-10H2,(H2,19,21);4*1H. The number of nitrogens with two attached hydrogens (primary N) is 3. The van der Waals surface area contributed by atoms with Crippen LogP contribution in [-0.4, -0.2) is 156 Å². The van der Waals surface area contributed by atoms with Crippen molar-refractivity contribution in [1.82, 2.24) is 45.4 Å². The molecule has 3 atom stereocenters. The fourth-order valence-electron chi connectivity index (χ4n) is 9.89. The number of nitrogen functional groups attached to an aromatic ring is 3. The van der Waals surface area contributed by atoms with E-state index < -0.39 is 64.1 Å². The number of anilines is 6. The van der Waals surface area contributed by atoms with E-state index in [0.717, 1.165) is 38.3 Å². The third kappa shape index (κ3) is 13.9. The number of hydrogen-bond donors (Lipinski definition) is 5. The SMILES string of the molecule is C=C(F)c1ccc(N2CCNCC2)nc1C(=O)c1cccnc1N.CC(C)C1OC(=O)N2CCN(c3ccc(C(F)(F)F)c(C(=O)c4cccnc4N)n3)CC12.COCC1CN(c2ccc(C(F)(F)F)c(C(=O)c3cccnc3N)n2)CCN1.[HH].[HH].[HH].[HH]. The number of nitrogens with one attached hydrogen (secondary N) is 2. The van der Waals surface area contributed by atoms with E-state index in [-0.39, 0.29) is 81.0 Å². The predicted molar refractivity (Wildman–Crippen MR) is 306 cm³/mol. The molecule has 84 heavy (non-hydrogen) atoms. The highest BCUT2D eigenvalue weighted by Crippen LogP contribution is 2.37. The summed E-state index contributed by atoms with van der Waals surface area (Å²) in [4.78, 5) is 82.0. The summed E-state index contributed by atoms with van der Waals surface area (Å²) in [7, 11) is 1.58. The lowest BCUT2D eigenvalue weighted by Gasteiger charge is -2.38. The fraction of sp³-hybridized carbons (Fsp3) is 0.357. The molecule has 0 saturated carbocycles. The summed E-state index contributed by atoms with van der Waals surface area (Å²) in [6.45, 7) is 13.5. The normalized spacial score (nSPS) is 18.0. The molecule has 0 aliphatic carbocycles. The van der Waals surface area contributed by atoms with Crippen molar-refractivity contribution in [3.63, 3.8) is 0 Å². The molecule has 21 nitrogen and oxygen atoms in total. The van der Waals surface area contributed by atoms with Gasteiger partial charge in [-0.25, -0.2) is 39.1 Å². The van der Waals surface area contributed by atoms with E-state index in [2.05, 4.69) is 47.1 Å². The Morgan fingerprint density at radius 3 is 1.57 bits per heavy atom. The Hall–Kier alpha value is -8.89. The number of aromatic nitrogens is 6. The molecule has 0 bridgehead atoms. The average Bonchev–Trinajstić information content (AvgIpc) is 3.55. The van der Waals surface area contributed by atoms with E-state index in [9.17, 15) is 49.9 Å². The third-order valence-electron chi connectivity index (χ3n) is 14.1. The molecule has 4 aliphatic heterocycles. The van der Waals surface area contributed by atoms with Crippen molar-refractivity contribution in [3.8, 4) is 0 Å². The summed E-state index contributed by atoms with van der Waals surface area (Å²) >= 11 is 0. The number of nitrogens with zero attached hydrogens (tertiary/aromatic N) is 10. The molecule has 452 valence electrons. The van der Waals surface area contributed by atoms with Crippen LogP contribution in [0.1, 0.15) is 84.4 Å². The van der Waals surface area contributed by atoms with Gasteiger partial charge in [-0.05, 0) is 78.7 Å². The molecule has 4 aliphatic rings. The number of cyclic esters (lactones) is 1. The van der Waals surface area contributed by atoms with E-state index in [0.29, 0.717) is 57.5 Å². The van der Waals surface area contributed by atoms with Crippen LogP contribution in [0.25, 0.3) is 5.83 Å². The summed E-state index contributed by atoms with van der Waals surface area (Å²) in [6.07, 6.45) is -6.04. The van der Waals surface area contributed by atoms with Crippen molar-refractivity contribution in [2.45, 2.75) is 44.4 Å². The van der Waals surface area contributed by atoms with Gasteiger partial charge in [0.1, 0.15) is 63.9 Å². The maximum Gasteiger partial charge on any atom is 0.418 e. The second kappa shape index (κ2) is 26.1. The molecular formula is C56H68F7N15O6. The van der Waals surface area contributed by atoms with Crippen molar-refractivity contribution < 1.29 is 65.1 Å². The summed E-state index contributed by atoms with van der Waals surface area (Å²) in [5.74, 6) is -2.06. The number of rotatable bonds is 13. The molecule has 0 aromatic carbocycles. The Kier molecular flexibility index (Phi) is 19.0. The number of alkyl halides is 6. The van der Waals surface area contributed by atoms with Crippen molar-refractivity contribution in [2.24, 2.45) is 5.92 Å². The Morgan fingerprint density at radius 2 is 1.11 bits per heavy atom. The summed E-state index contributed by atoms with van der Waals surface area (Å²) in [5.41, 5.74) is 13.5.